The van der Waals surface area contributed by atoms with E-state index in [0.29, 0.717) is 13.2 Å². The van der Waals surface area contributed by atoms with Crippen molar-refractivity contribution >= 4 is 0 Å². The zero-order chi connectivity index (χ0) is 17.8. The van der Waals surface area contributed by atoms with Crippen molar-refractivity contribution in [2.75, 3.05) is 40.0 Å². The van der Waals surface area contributed by atoms with E-state index in [1.165, 1.54) is 11.1 Å². The molecule has 1 saturated heterocycles. The molecule has 0 bridgehead atoms. The molecule has 1 atom stereocenters. The van der Waals surface area contributed by atoms with Crippen LogP contribution in [0.3, 0.4) is 0 Å². The zero-order valence-electron chi connectivity index (χ0n) is 15.1. The topological polar surface area (TPSA) is 40.2 Å². The average molecular weight is 355 g/mol. The standard InChI is InChI=1S/C21H25NO4/c1-23-18-5-2-16(3-6-18)12-19-15-22(8-9-24-19)14-17-4-7-20-21(13-17)26-11-10-25-20/h2-7,13,19H,8-12,14-15H2,1H3/t19-/m0/s1. The third kappa shape index (κ3) is 4.11. The smallest absolute Gasteiger partial charge is 0.161 e. The maximum Gasteiger partial charge on any atom is 0.161 e. The Hall–Kier alpha value is -2.24. The third-order valence-electron chi connectivity index (χ3n) is 4.86. The van der Waals surface area contributed by atoms with E-state index >= 15 is 0 Å². The number of rotatable bonds is 5. The van der Waals surface area contributed by atoms with E-state index in [4.69, 9.17) is 18.9 Å². The fraction of sp³-hybridized carbons (Fsp3) is 0.429. The number of methoxy groups -OCH3 is 1. The number of hydrogen-bond acceptors (Lipinski definition) is 5. The van der Waals surface area contributed by atoms with Gasteiger partial charge in [-0.25, -0.2) is 0 Å². The number of benzene rings is 2. The molecule has 138 valence electrons. The van der Waals surface area contributed by atoms with E-state index in [1.807, 2.05) is 18.2 Å². The Balaban J connectivity index is 1.35. The van der Waals surface area contributed by atoms with Gasteiger partial charge in [0.15, 0.2) is 11.5 Å². The van der Waals surface area contributed by atoms with Gasteiger partial charge in [0, 0.05) is 19.6 Å². The van der Waals surface area contributed by atoms with Crippen molar-refractivity contribution in [3.8, 4) is 17.2 Å². The maximum absolute atomic E-state index is 5.98. The van der Waals surface area contributed by atoms with E-state index in [9.17, 15) is 0 Å². The molecule has 5 heteroatoms. The van der Waals surface area contributed by atoms with Crippen molar-refractivity contribution in [2.24, 2.45) is 0 Å². The second-order valence-corrected chi connectivity index (χ2v) is 6.76. The molecule has 5 nitrogen and oxygen atoms in total. The summed E-state index contributed by atoms with van der Waals surface area (Å²) >= 11 is 0. The van der Waals surface area contributed by atoms with Gasteiger partial charge in [-0.3, -0.25) is 4.90 Å². The van der Waals surface area contributed by atoms with E-state index in [0.717, 1.165) is 49.9 Å². The Morgan fingerprint density at radius 2 is 1.73 bits per heavy atom. The molecule has 1 fully saturated rings. The Morgan fingerprint density at radius 3 is 2.54 bits per heavy atom. The summed E-state index contributed by atoms with van der Waals surface area (Å²) in [6, 6.07) is 14.5. The van der Waals surface area contributed by atoms with Crippen LogP contribution < -0.4 is 14.2 Å². The van der Waals surface area contributed by atoms with Crippen molar-refractivity contribution < 1.29 is 18.9 Å². The molecule has 0 aliphatic carbocycles. The molecule has 2 aromatic rings. The van der Waals surface area contributed by atoms with Crippen LogP contribution in [0.2, 0.25) is 0 Å². The number of ether oxygens (including phenoxy) is 4. The lowest BCUT2D eigenvalue weighted by Crippen LogP contribution is -2.42. The lowest BCUT2D eigenvalue weighted by atomic mass is 10.1. The number of hydrogen-bond donors (Lipinski definition) is 0. The first kappa shape index (κ1) is 17.2. The first-order valence-electron chi connectivity index (χ1n) is 9.15. The van der Waals surface area contributed by atoms with Crippen LogP contribution in [0, 0.1) is 0 Å². The van der Waals surface area contributed by atoms with Gasteiger partial charge in [-0.2, -0.15) is 0 Å². The zero-order valence-corrected chi connectivity index (χ0v) is 15.1. The summed E-state index contributed by atoms with van der Waals surface area (Å²) in [6.45, 7) is 4.80. The maximum atomic E-state index is 5.98. The van der Waals surface area contributed by atoms with Gasteiger partial charge in [0.25, 0.3) is 0 Å². The third-order valence-corrected chi connectivity index (χ3v) is 4.86. The van der Waals surface area contributed by atoms with Crippen molar-refractivity contribution in [3.05, 3.63) is 53.6 Å². The van der Waals surface area contributed by atoms with Gasteiger partial charge >= 0.3 is 0 Å². The Morgan fingerprint density at radius 1 is 0.962 bits per heavy atom. The summed E-state index contributed by atoms with van der Waals surface area (Å²) in [5.41, 5.74) is 2.52. The van der Waals surface area contributed by atoms with Crippen LogP contribution in [0.5, 0.6) is 17.2 Å². The number of nitrogens with zero attached hydrogens (tertiary/aromatic N) is 1. The first-order valence-corrected chi connectivity index (χ1v) is 9.15. The van der Waals surface area contributed by atoms with Crippen LogP contribution in [-0.4, -0.2) is 51.0 Å². The highest BCUT2D eigenvalue weighted by molar-refractivity contribution is 5.43. The van der Waals surface area contributed by atoms with Gasteiger partial charge in [0.1, 0.15) is 19.0 Å². The van der Waals surface area contributed by atoms with Gasteiger partial charge in [0.05, 0.1) is 19.8 Å². The molecule has 2 aliphatic rings. The SMILES string of the molecule is COc1ccc(C[C@H]2CN(Cc3ccc4c(c3)OCCO4)CCO2)cc1. The molecule has 0 unspecified atom stereocenters. The fourth-order valence-electron chi connectivity index (χ4n) is 3.52. The van der Waals surface area contributed by atoms with Gasteiger partial charge in [0.2, 0.25) is 0 Å². The van der Waals surface area contributed by atoms with Crippen molar-refractivity contribution in [3.63, 3.8) is 0 Å². The largest absolute Gasteiger partial charge is 0.497 e. The highest BCUT2D eigenvalue weighted by Crippen LogP contribution is 2.31. The van der Waals surface area contributed by atoms with Crippen LogP contribution in [0.25, 0.3) is 0 Å². The Labute approximate surface area is 154 Å². The molecule has 2 aromatic carbocycles. The van der Waals surface area contributed by atoms with Gasteiger partial charge in [-0.1, -0.05) is 18.2 Å². The fourth-order valence-corrected chi connectivity index (χ4v) is 3.52. The van der Waals surface area contributed by atoms with E-state index in [-0.39, 0.29) is 6.10 Å². The van der Waals surface area contributed by atoms with Crippen LogP contribution in [0.15, 0.2) is 42.5 Å². The predicted molar refractivity (Wildman–Crippen MR) is 99.1 cm³/mol. The van der Waals surface area contributed by atoms with Crippen molar-refractivity contribution in [1.82, 2.24) is 4.90 Å². The molecule has 0 N–H and O–H groups in total. The summed E-state index contributed by atoms with van der Waals surface area (Å²) in [6.07, 6.45) is 1.14. The summed E-state index contributed by atoms with van der Waals surface area (Å²) in [5.74, 6) is 2.59. The van der Waals surface area contributed by atoms with Gasteiger partial charge in [-0.15, -0.1) is 0 Å². The summed E-state index contributed by atoms with van der Waals surface area (Å²) < 4.78 is 22.5. The van der Waals surface area contributed by atoms with Gasteiger partial charge < -0.3 is 18.9 Å². The molecule has 2 heterocycles. The van der Waals surface area contributed by atoms with Crippen LogP contribution >= 0.6 is 0 Å². The highest BCUT2D eigenvalue weighted by atomic mass is 16.6. The lowest BCUT2D eigenvalue weighted by Gasteiger charge is -2.33. The summed E-state index contributed by atoms with van der Waals surface area (Å²) in [4.78, 5) is 2.45. The quantitative estimate of drug-likeness (QED) is 0.825. The van der Waals surface area contributed by atoms with E-state index in [2.05, 4.69) is 29.2 Å². The normalized spacial score (nSPS) is 20.0. The van der Waals surface area contributed by atoms with E-state index < -0.39 is 0 Å². The first-order chi connectivity index (χ1) is 12.8. The number of fused-ring (bicyclic) bond motifs is 1. The molecule has 4 rings (SSSR count). The van der Waals surface area contributed by atoms with Crippen LogP contribution in [-0.2, 0) is 17.7 Å². The second kappa shape index (κ2) is 7.98. The molecule has 0 radical (unpaired) electrons. The predicted octanol–water partition coefficient (Wildman–Crippen LogP) is 2.91. The molecular weight excluding hydrogens is 330 g/mol. The van der Waals surface area contributed by atoms with Crippen LogP contribution in [0.4, 0.5) is 0 Å². The Kier molecular flexibility index (Phi) is 5.27. The average Bonchev–Trinajstić information content (AvgIpc) is 2.69. The minimum Gasteiger partial charge on any atom is -0.497 e. The monoisotopic (exact) mass is 355 g/mol. The molecular formula is C21H25NO4. The Bertz CT molecular complexity index is 731. The minimum atomic E-state index is 0.217. The molecule has 0 aromatic heterocycles. The lowest BCUT2D eigenvalue weighted by molar-refractivity contribution is -0.0305. The van der Waals surface area contributed by atoms with Crippen LogP contribution in [0.1, 0.15) is 11.1 Å². The molecule has 0 spiro atoms. The molecule has 0 saturated carbocycles. The highest BCUT2D eigenvalue weighted by Gasteiger charge is 2.21. The summed E-state index contributed by atoms with van der Waals surface area (Å²) in [7, 11) is 1.69. The van der Waals surface area contributed by atoms with Crippen molar-refractivity contribution in [1.29, 1.82) is 0 Å². The number of morpholine rings is 1. The minimum absolute atomic E-state index is 0.217. The van der Waals surface area contributed by atoms with Gasteiger partial charge in [-0.05, 0) is 41.8 Å². The van der Waals surface area contributed by atoms with Crippen molar-refractivity contribution in [2.45, 2.75) is 19.1 Å². The summed E-state index contributed by atoms with van der Waals surface area (Å²) in [5, 5.41) is 0. The molecule has 2 aliphatic heterocycles. The molecule has 26 heavy (non-hydrogen) atoms. The molecule has 0 amide bonds. The second-order valence-electron chi connectivity index (χ2n) is 6.76. The van der Waals surface area contributed by atoms with E-state index in [1.54, 1.807) is 7.11 Å².